The fourth-order valence-corrected chi connectivity index (χ4v) is 2.89. The molecule has 1 aliphatic rings. The molecule has 1 fully saturated rings. The minimum atomic E-state index is 0.611. The van der Waals surface area contributed by atoms with Crippen molar-refractivity contribution < 1.29 is 4.74 Å². The Morgan fingerprint density at radius 1 is 1.25 bits per heavy atom. The van der Waals surface area contributed by atoms with Gasteiger partial charge in [0.15, 0.2) is 0 Å². The van der Waals surface area contributed by atoms with E-state index in [0.717, 1.165) is 12.4 Å². The summed E-state index contributed by atoms with van der Waals surface area (Å²) in [5.74, 6) is 0.966. The molecule has 0 bridgehead atoms. The Hall–Kier alpha value is -1.22. The van der Waals surface area contributed by atoms with Crippen LogP contribution in [-0.4, -0.2) is 37.2 Å². The van der Waals surface area contributed by atoms with Gasteiger partial charge in [-0.3, -0.25) is 0 Å². The molecule has 0 amide bonds. The van der Waals surface area contributed by atoms with Gasteiger partial charge >= 0.3 is 0 Å². The standard InChI is InChI=1S/C17H28N2O/c1-4-10-19-11-8-15(9-12-19)18-17-7-6-16(20-5-2)13-14(17)3/h6-7,13,15,18H,4-5,8-12H2,1-3H3. The van der Waals surface area contributed by atoms with Crippen LogP contribution < -0.4 is 10.1 Å². The van der Waals surface area contributed by atoms with Crippen molar-refractivity contribution in [2.45, 2.75) is 46.1 Å². The largest absolute Gasteiger partial charge is 0.494 e. The summed E-state index contributed by atoms with van der Waals surface area (Å²) in [5, 5.41) is 3.70. The fraction of sp³-hybridized carbons (Fsp3) is 0.647. The highest BCUT2D eigenvalue weighted by Crippen LogP contribution is 2.24. The molecule has 1 N–H and O–H groups in total. The molecule has 112 valence electrons. The fourth-order valence-electron chi connectivity index (χ4n) is 2.89. The van der Waals surface area contributed by atoms with Gasteiger partial charge in [0.05, 0.1) is 6.61 Å². The van der Waals surface area contributed by atoms with Crippen LogP contribution in [0.5, 0.6) is 5.75 Å². The van der Waals surface area contributed by atoms with Crippen molar-refractivity contribution in [2.75, 3.05) is 31.6 Å². The number of nitrogens with one attached hydrogen (secondary N) is 1. The van der Waals surface area contributed by atoms with E-state index in [2.05, 4.69) is 42.3 Å². The molecule has 1 aromatic rings. The molecule has 0 aliphatic carbocycles. The number of hydrogen-bond acceptors (Lipinski definition) is 3. The van der Waals surface area contributed by atoms with Gasteiger partial charge in [0.1, 0.15) is 5.75 Å². The van der Waals surface area contributed by atoms with Crippen LogP contribution in [0.15, 0.2) is 18.2 Å². The highest BCUT2D eigenvalue weighted by molar-refractivity contribution is 5.54. The molecule has 0 aromatic heterocycles. The van der Waals surface area contributed by atoms with Crippen LogP contribution in [0.25, 0.3) is 0 Å². The number of ether oxygens (including phenoxy) is 1. The molecular formula is C17H28N2O. The van der Waals surface area contributed by atoms with Gasteiger partial charge < -0.3 is 15.0 Å². The van der Waals surface area contributed by atoms with Gasteiger partial charge in [-0.1, -0.05) is 6.92 Å². The summed E-state index contributed by atoms with van der Waals surface area (Å²) in [7, 11) is 0. The third-order valence-electron chi connectivity index (χ3n) is 4.00. The number of piperidine rings is 1. The lowest BCUT2D eigenvalue weighted by molar-refractivity contribution is 0.219. The normalized spacial score (nSPS) is 17.1. The Kier molecular flexibility index (Phi) is 5.72. The SMILES string of the molecule is CCCN1CCC(Nc2ccc(OCC)cc2C)CC1. The lowest BCUT2D eigenvalue weighted by Gasteiger charge is -2.33. The third-order valence-corrected chi connectivity index (χ3v) is 4.00. The summed E-state index contributed by atoms with van der Waals surface area (Å²) in [4.78, 5) is 2.57. The van der Waals surface area contributed by atoms with Gasteiger partial charge in [-0.15, -0.1) is 0 Å². The van der Waals surface area contributed by atoms with Crippen LogP contribution in [0.1, 0.15) is 38.7 Å². The lowest BCUT2D eigenvalue weighted by atomic mass is 10.0. The molecule has 0 unspecified atom stereocenters. The smallest absolute Gasteiger partial charge is 0.119 e. The summed E-state index contributed by atoms with van der Waals surface area (Å²) in [6, 6.07) is 6.95. The number of likely N-dealkylation sites (tertiary alicyclic amines) is 1. The van der Waals surface area contributed by atoms with E-state index >= 15 is 0 Å². The maximum atomic E-state index is 5.54. The molecule has 0 saturated carbocycles. The van der Waals surface area contributed by atoms with E-state index in [1.54, 1.807) is 0 Å². The van der Waals surface area contributed by atoms with E-state index in [9.17, 15) is 0 Å². The molecule has 1 aliphatic heterocycles. The van der Waals surface area contributed by atoms with Crippen LogP contribution in [0.3, 0.4) is 0 Å². The first-order valence-electron chi connectivity index (χ1n) is 7.95. The van der Waals surface area contributed by atoms with E-state index in [0.29, 0.717) is 6.04 Å². The van der Waals surface area contributed by atoms with Crippen molar-refractivity contribution in [1.29, 1.82) is 0 Å². The van der Waals surface area contributed by atoms with Crippen molar-refractivity contribution in [3.8, 4) is 5.75 Å². The molecule has 1 heterocycles. The zero-order valence-electron chi connectivity index (χ0n) is 13.1. The summed E-state index contributed by atoms with van der Waals surface area (Å²) < 4.78 is 5.54. The topological polar surface area (TPSA) is 24.5 Å². The van der Waals surface area contributed by atoms with E-state index in [1.165, 1.54) is 50.1 Å². The summed E-state index contributed by atoms with van der Waals surface area (Å²) in [6.07, 6.45) is 3.75. The van der Waals surface area contributed by atoms with Gasteiger partial charge in [-0.25, -0.2) is 0 Å². The Morgan fingerprint density at radius 3 is 2.60 bits per heavy atom. The predicted molar refractivity (Wildman–Crippen MR) is 85.7 cm³/mol. The van der Waals surface area contributed by atoms with Gasteiger partial charge in [-0.05, 0) is 63.4 Å². The molecule has 3 nitrogen and oxygen atoms in total. The van der Waals surface area contributed by atoms with E-state index in [1.807, 2.05) is 6.92 Å². The second-order valence-electron chi connectivity index (χ2n) is 5.67. The zero-order chi connectivity index (χ0) is 14.4. The van der Waals surface area contributed by atoms with Gasteiger partial charge in [0.2, 0.25) is 0 Å². The maximum absolute atomic E-state index is 5.54. The average Bonchev–Trinajstić information content (AvgIpc) is 2.44. The Morgan fingerprint density at radius 2 is 2.00 bits per heavy atom. The first-order chi connectivity index (χ1) is 9.72. The van der Waals surface area contributed by atoms with Crippen LogP contribution in [0, 0.1) is 6.92 Å². The van der Waals surface area contributed by atoms with Gasteiger partial charge in [0, 0.05) is 24.8 Å². The first kappa shape index (κ1) is 15.2. The highest BCUT2D eigenvalue weighted by atomic mass is 16.5. The minimum absolute atomic E-state index is 0.611. The molecule has 20 heavy (non-hydrogen) atoms. The number of rotatable bonds is 6. The Bertz CT molecular complexity index is 411. The van der Waals surface area contributed by atoms with Gasteiger partial charge in [-0.2, -0.15) is 0 Å². The van der Waals surface area contributed by atoms with Crippen molar-refractivity contribution >= 4 is 5.69 Å². The molecule has 0 spiro atoms. The molecular weight excluding hydrogens is 248 g/mol. The lowest BCUT2D eigenvalue weighted by Crippen LogP contribution is -2.39. The second-order valence-corrected chi connectivity index (χ2v) is 5.67. The maximum Gasteiger partial charge on any atom is 0.119 e. The average molecular weight is 276 g/mol. The van der Waals surface area contributed by atoms with Gasteiger partial charge in [0.25, 0.3) is 0 Å². The predicted octanol–water partition coefficient (Wildman–Crippen LogP) is 3.68. The number of benzene rings is 1. The molecule has 3 heteroatoms. The summed E-state index contributed by atoms with van der Waals surface area (Å²) in [6.45, 7) is 10.8. The number of aryl methyl sites for hydroxylation is 1. The van der Waals surface area contributed by atoms with E-state index in [4.69, 9.17) is 4.74 Å². The molecule has 2 rings (SSSR count). The van der Waals surface area contributed by atoms with E-state index in [-0.39, 0.29) is 0 Å². The minimum Gasteiger partial charge on any atom is -0.494 e. The van der Waals surface area contributed by atoms with Crippen LogP contribution >= 0.6 is 0 Å². The van der Waals surface area contributed by atoms with Crippen LogP contribution in [0.2, 0.25) is 0 Å². The number of hydrogen-bond donors (Lipinski definition) is 1. The quantitative estimate of drug-likeness (QED) is 0.858. The number of anilines is 1. The first-order valence-corrected chi connectivity index (χ1v) is 7.95. The summed E-state index contributed by atoms with van der Waals surface area (Å²) in [5.41, 5.74) is 2.52. The van der Waals surface area contributed by atoms with Crippen LogP contribution in [-0.2, 0) is 0 Å². The Balaban J connectivity index is 1.88. The second kappa shape index (κ2) is 7.53. The summed E-state index contributed by atoms with van der Waals surface area (Å²) >= 11 is 0. The van der Waals surface area contributed by atoms with Crippen molar-refractivity contribution in [1.82, 2.24) is 4.90 Å². The highest BCUT2D eigenvalue weighted by Gasteiger charge is 2.18. The monoisotopic (exact) mass is 276 g/mol. The van der Waals surface area contributed by atoms with Crippen molar-refractivity contribution in [3.05, 3.63) is 23.8 Å². The zero-order valence-corrected chi connectivity index (χ0v) is 13.1. The number of nitrogens with zero attached hydrogens (tertiary/aromatic N) is 1. The molecule has 0 atom stereocenters. The van der Waals surface area contributed by atoms with Crippen molar-refractivity contribution in [3.63, 3.8) is 0 Å². The molecule has 1 aromatic carbocycles. The Labute approximate surface area is 123 Å². The molecule has 1 saturated heterocycles. The van der Waals surface area contributed by atoms with E-state index < -0.39 is 0 Å². The molecule has 0 radical (unpaired) electrons. The van der Waals surface area contributed by atoms with Crippen molar-refractivity contribution in [2.24, 2.45) is 0 Å². The van der Waals surface area contributed by atoms with Crippen LogP contribution in [0.4, 0.5) is 5.69 Å². The third kappa shape index (κ3) is 4.14.